The van der Waals surface area contributed by atoms with Gasteiger partial charge in [-0.15, -0.1) is 0 Å². The van der Waals surface area contributed by atoms with E-state index in [4.69, 9.17) is 5.73 Å². The fourth-order valence-corrected chi connectivity index (χ4v) is 2.62. The molecule has 0 heterocycles. The number of nitrogen functional groups attached to an aromatic ring is 1. The van der Waals surface area contributed by atoms with Gasteiger partial charge in [0.15, 0.2) is 0 Å². The molecule has 0 aromatic heterocycles. The summed E-state index contributed by atoms with van der Waals surface area (Å²) >= 11 is 0. The zero-order valence-corrected chi connectivity index (χ0v) is 12.2. The number of anilines is 2. The average molecular weight is 254 g/mol. The van der Waals surface area contributed by atoms with E-state index in [1.807, 2.05) is 18.2 Å². The Morgan fingerprint density at radius 3 is 2.16 bits per heavy atom. The third-order valence-corrected chi connectivity index (χ3v) is 3.58. The Morgan fingerprint density at radius 2 is 1.58 bits per heavy atom. The standard InChI is InChI=1S/C17H22N2/c1-12-9-13(2)15(14(3)10-12)11-19(4)17-8-6-5-7-16(17)18/h5-10H,11,18H2,1-4H3. The topological polar surface area (TPSA) is 29.3 Å². The summed E-state index contributed by atoms with van der Waals surface area (Å²) in [6, 6.07) is 12.5. The van der Waals surface area contributed by atoms with Crippen LogP contribution in [0.4, 0.5) is 11.4 Å². The quantitative estimate of drug-likeness (QED) is 0.843. The molecule has 0 spiro atoms. The number of hydrogen-bond acceptors (Lipinski definition) is 2. The summed E-state index contributed by atoms with van der Waals surface area (Å²) in [5, 5.41) is 0. The van der Waals surface area contributed by atoms with Crippen molar-refractivity contribution in [3.63, 3.8) is 0 Å². The van der Waals surface area contributed by atoms with Gasteiger partial charge in [-0.1, -0.05) is 29.8 Å². The zero-order valence-electron chi connectivity index (χ0n) is 12.2. The molecule has 0 fully saturated rings. The van der Waals surface area contributed by atoms with Crippen molar-refractivity contribution in [2.24, 2.45) is 0 Å². The number of benzene rings is 2. The van der Waals surface area contributed by atoms with E-state index < -0.39 is 0 Å². The Labute approximate surface area is 115 Å². The van der Waals surface area contributed by atoms with E-state index in [1.165, 1.54) is 22.3 Å². The van der Waals surface area contributed by atoms with Crippen molar-refractivity contribution >= 4 is 11.4 Å². The van der Waals surface area contributed by atoms with Crippen molar-refractivity contribution in [1.29, 1.82) is 0 Å². The van der Waals surface area contributed by atoms with Crippen molar-refractivity contribution in [1.82, 2.24) is 0 Å². The molecule has 0 aliphatic heterocycles. The van der Waals surface area contributed by atoms with Gasteiger partial charge in [-0.05, 0) is 49.6 Å². The molecule has 0 saturated heterocycles. The van der Waals surface area contributed by atoms with E-state index in [2.05, 4.69) is 50.9 Å². The number of para-hydroxylation sites is 2. The third-order valence-electron chi connectivity index (χ3n) is 3.58. The molecule has 2 heteroatoms. The minimum absolute atomic E-state index is 0.826. The van der Waals surface area contributed by atoms with Gasteiger partial charge in [0.1, 0.15) is 0 Å². The first-order chi connectivity index (χ1) is 8.99. The molecule has 0 amide bonds. The maximum Gasteiger partial charge on any atom is 0.0600 e. The number of hydrogen-bond donors (Lipinski definition) is 1. The smallest absolute Gasteiger partial charge is 0.0600 e. The Kier molecular flexibility index (Phi) is 3.79. The van der Waals surface area contributed by atoms with Crippen LogP contribution >= 0.6 is 0 Å². The predicted octanol–water partition coefficient (Wildman–Crippen LogP) is 3.83. The second-order valence-corrected chi connectivity index (χ2v) is 5.29. The summed E-state index contributed by atoms with van der Waals surface area (Å²) in [6.07, 6.45) is 0. The SMILES string of the molecule is Cc1cc(C)c(CN(C)c2ccccc2N)c(C)c1. The molecular formula is C17H22N2. The summed E-state index contributed by atoms with van der Waals surface area (Å²) in [7, 11) is 2.09. The van der Waals surface area contributed by atoms with Crippen LogP contribution in [0.2, 0.25) is 0 Å². The molecule has 0 bridgehead atoms. The van der Waals surface area contributed by atoms with Crippen molar-refractivity contribution in [3.8, 4) is 0 Å². The molecule has 0 saturated carbocycles. The van der Waals surface area contributed by atoms with Gasteiger partial charge in [-0.2, -0.15) is 0 Å². The molecule has 2 N–H and O–H groups in total. The van der Waals surface area contributed by atoms with Gasteiger partial charge in [0.2, 0.25) is 0 Å². The lowest BCUT2D eigenvalue weighted by Gasteiger charge is -2.23. The lowest BCUT2D eigenvalue weighted by Crippen LogP contribution is -2.19. The number of nitrogens with zero attached hydrogens (tertiary/aromatic N) is 1. The van der Waals surface area contributed by atoms with Gasteiger partial charge in [0.05, 0.1) is 11.4 Å². The maximum absolute atomic E-state index is 6.03. The van der Waals surface area contributed by atoms with Gasteiger partial charge in [-0.25, -0.2) is 0 Å². The Bertz CT molecular complexity index is 565. The monoisotopic (exact) mass is 254 g/mol. The van der Waals surface area contributed by atoms with Crippen LogP contribution in [0.1, 0.15) is 22.3 Å². The summed E-state index contributed by atoms with van der Waals surface area (Å²) in [6.45, 7) is 7.38. The molecular weight excluding hydrogens is 232 g/mol. The maximum atomic E-state index is 6.03. The number of nitrogens with two attached hydrogens (primary N) is 1. The van der Waals surface area contributed by atoms with Gasteiger partial charge in [0.25, 0.3) is 0 Å². The first-order valence-corrected chi connectivity index (χ1v) is 6.61. The fourth-order valence-electron chi connectivity index (χ4n) is 2.62. The molecule has 0 atom stereocenters. The van der Waals surface area contributed by atoms with Crippen LogP contribution < -0.4 is 10.6 Å². The minimum Gasteiger partial charge on any atom is -0.397 e. The lowest BCUT2D eigenvalue weighted by atomic mass is 9.99. The summed E-state index contributed by atoms with van der Waals surface area (Å²) in [4.78, 5) is 2.21. The van der Waals surface area contributed by atoms with Crippen LogP contribution in [0, 0.1) is 20.8 Å². The van der Waals surface area contributed by atoms with E-state index >= 15 is 0 Å². The Balaban J connectivity index is 2.29. The molecule has 100 valence electrons. The summed E-state index contributed by atoms with van der Waals surface area (Å²) < 4.78 is 0. The fraction of sp³-hybridized carbons (Fsp3) is 0.294. The van der Waals surface area contributed by atoms with E-state index in [1.54, 1.807) is 0 Å². The van der Waals surface area contributed by atoms with Crippen LogP contribution in [0.15, 0.2) is 36.4 Å². The highest BCUT2D eigenvalue weighted by molar-refractivity contribution is 5.67. The highest BCUT2D eigenvalue weighted by Gasteiger charge is 2.09. The molecule has 2 rings (SSSR count). The average Bonchev–Trinajstić information content (AvgIpc) is 2.34. The van der Waals surface area contributed by atoms with Gasteiger partial charge in [-0.3, -0.25) is 0 Å². The first-order valence-electron chi connectivity index (χ1n) is 6.61. The Hall–Kier alpha value is -1.96. The van der Waals surface area contributed by atoms with E-state index in [9.17, 15) is 0 Å². The van der Waals surface area contributed by atoms with Crippen LogP contribution in [-0.4, -0.2) is 7.05 Å². The second kappa shape index (κ2) is 5.35. The van der Waals surface area contributed by atoms with Gasteiger partial charge in [0, 0.05) is 13.6 Å². The third kappa shape index (κ3) is 2.90. The summed E-state index contributed by atoms with van der Waals surface area (Å²) in [5.74, 6) is 0. The first kappa shape index (κ1) is 13.5. The molecule has 0 radical (unpaired) electrons. The van der Waals surface area contributed by atoms with Crippen molar-refractivity contribution in [2.75, 3.05) is 17.7 Å². The van der Waals surface area contributed by atoms with Crippen molar-refractivity contribution < 1.29 is 0 Å². The largest absolute Gasteiger partial charge is 0.397 e. The number of aryl methyl sites for hydroxylation is 3. The predicted molar refractivity (Wildman–Crippen MR) is 83.6 cm³/mol. The van der Waals surface area contributed by atoms with E-state index in [0.29, 0.717) is 0 Å². The lowest BCUT2D eigenvalue weighted by molar-refractivity contribution is 0.905. The molecule has 0 aliphatic carbocycles. The van der Waals surface area contributed by atoms with Gasteiger partial charge < -0.3 is 10.6 Å². The molecule has 0 aliphatic rings. The molecule has 19 heavy (non-hydrogen) atoms. The van der Waals surface area contributed by atoms with Crippen LogP contribution in [0.5, 0.6) is 0 Å². The minimum atomic E-state index is 0.826. The molecule has 2 aromatic carbocycles. The Morgan fingerprint density at radius 1 is 1.00 bits per heavy atom. The van der Waals surface area contributed by atoms with Crippen molar-refractivity contribution in [2.45, 2.75) is 27.3 Å². The van der Waals surface area contributed by atoms with E-state index in [-0.39, 0.29) is 0 Å². The van der Waals surface area contributed by atoms with Crippen LogP contribution in [0.25, 0.3) is 0 Å². The molecule has 2 nitrogen and oxygen atoms in total. The van der Waals surface area contributed by atoms with Crippen LogP contribution in [0.3, 0.4) is 0 Å². The van der Waals surface area contributed by atoms with Crippen molar-refractivity contribution in [3.05, 3.63) is 58.7 Å². The van der Waals surface area contributed by atoms with E-state index in [0.717, 1.165) is 17.9 Å². The zero-order chi connectivity index (χ0) is 14.0. The normalized spacial score (nSPS) is 10.5. The van der Waals surface area contributed by atoms with Crippen LogP contribution in [-0.2, 0) is 6.54 Å². The molecule has 2 aromatic rings. The highest BCUT2D eigenvalue weighted by atomic mass is 15.1. The second-order valence-electron chi connectivity index (χ2n) is 5.29. The molecule has 0 unspecified atom stereocenters. The number of rotatable bonds is 3. The summed E-state index contributed by atoms with van der Waals surface area (Å²) in [5.41, 5.74) is 13.3. The highest BCUT2D eigenvalue weighted by Crippen LogP contribution is 2.25. The van der Waals surface area contributed by atoms with Gasteiger partial charge >= 0.3 is 0 Å².